The minimum absolute atomic E-state index is 0.418. The van der Waals surface area contributed by atoms with Gasteiger partial charge in [-0.05, 0) is 28.3 Å². The van der Waals surface area contributed by atoms with Crippen LogP contribution in [0.1, 0.15) is 5.56 Å². The molecule has 3 heteroatoms. The van der Waals surface area contributed by atoms with Gasteiger partial charge in [0.25, 0.3) is 0 Å². The van der Waals surface area contributed by atoms with Gasteiger partial charge in [-0.2, -0.15) is 0 Å². The van der Waals surface area contributed by atoms with E-state index in [0.717, 1.165) is 6.42 Å². The highest BCUT2D eigenvalue weighted by Gasteiger charge is 1.97. The van der Waals surface area contributed by atoms with Crippen LogP contribution in [-0.4, -0.2) is 6.54 Å². The van der Waals surface area contributed by atoms with Crippen molar-refractivity contribution in [3.8, 4) is 0 Å². The lowest BCUT2D eigenvalue weighted by atomic mass is 10.0. The van der Waals surface area contributed by atoms with Crippen LogP contribution in [-0.2, 0) is 6.42 Å². The van der Waals surface area contributed by atoms with Crippen LogP contribution < -0.4 is 0 Å². The Bertz CT molecular complexity index is 576. The van der Waals surface area contributed by atoms with Crippen LogP contribution in [0.25, 0.3) is 21.2 Å². The summed E-state index contributed by atoms with van der Waals surface area (Å²) in [6.45, 7) is 0.418. The lowest BCUT2D eigenvalue weighted by molar-refractivity contribution is 1.18. The van der Waals surface area contributed by atoms with E-state index in [1.54, 1.807) is 0 Å². The second kappa shape index (κ2) is 5.73. The van der Waals surface area contributed by atoms with E-state index in [9.17, 15) is 0 Å². The monoisotopic (exact) mass is 223 g/mol. The summed E-state index contributed by atoms with van der Waals surface area (Å²) in [5.41, 5.74) is 9.44. The van der Waals surface area contributed by atoms with Crippen molar-refractivity contribution in [2.45, 2.75) is 6.42 Å². The Hall–Kier alpha value is -2.25. The summed E-state index contributed by atoms with van der Waals surface area (Å²) in [5.74, 6) is 0. The molecule has 84 valence electrons. The van der Waals surface area contributed by atoms with Crippen LogP contribution in [0.4, 0.5) is 0 Å². The van der Waals surface area contributed by atoms with Gasteiger partial charge >= 0.3 is 0 Å². The van der Waals surface area contributed by atoms with Gasteiger partial charge < -0.3 is 0 Å². The maximum Gasteiger partial charge on any atom is 0.0440 e. The van der Waals surface area contributed by atoms with E-state index in [4.69, 9.17) is 5.53 Å². The molecule has 0 spiro atoms. The summed E-state index contributed by atoms with van der Waals surface area (Å²) in [7, 11) is 0. The predicted octanol–water partition coefficient (Wildman–Crippen LogP) is 4.25. The lowest BCUT2D eigenvalue weighted by Gasteiger charge is -2.03. The third-order valence-corrected chi connectivity index (χ3v) is 2.63. The standard InChI is InChI=1S/C14H13N3/c15-17-16-11-4-3-7-13-9-5-8-12-6-1-2-10-14(12)13/h1-6,8-10H,7,11H2. The molecule has 0 saturated carbocycles. The summed E-state index contributed by atoms with van der Waals surface area (Å²) in [6, 6.07) is 14.6. The van der Waals surface area contributed by atoms with Gasteiger partial charge in [0.1, 0.15) is 0 Å². The summed E-state index contributed by atoms with van der Waals surface area (Å²) in [6.07, 6.45) is 4.79. The molecule has 0 N–H and O–H groups in total. The maximum atomic E-state index is 8.15. The Balaban J connectivity index is 2.18. The molecule has 0 bridgehead atoms. The second-order valence-electron chi connectivity index (χ2n) is 3.73. The zero-order chi connectivity index (χ0) is 11.9. The molecular weight excluding hydrogens is 210 g/mol. The van der Waals surface area contributed by atoms with Crippen molar-refractivity contribution in [3.05, 3.63) is 70.6 Å². The zero-order valence-electron chi connectivity index (χ0n) is 9.45. The quantitative estimate of drug-likeness (QED) is 0.322. The smallest absolute Gasteiger partial charge is 0.0440 e. The first-order valence-corrected chi connectivity index (χ1v) is 5.54. The predicted molar refractivity (Wildman–Crippen MR) is 70.8 cm³/mol. The van der Waals surface area contributed by atoms with Crippen LogP contribution >= 0.6 is 0 Å². The van der Waals surface area contributed by atoms with Crippen molar-refractivity contribution in [1.29, 1.82) is 0 Å². The fourth-order valence-corrected chi connectivity index (χ4v) is 1.84. The first-order chi connectivity index (χ1) is 8.42. The Kier molecular flexibility index (Phi) is 3.79. The number of azide groups is 1. The third-order valence-electron chi connectivity index (χ3n) is 2.63. The van der Waals surface area contributed by atoms with E-state index in [0.29, 0.717) is 6.54 Å². The Morgan fingerprint density at radius 3 is 2.76 bits per heavy atom. The highest BCUT2D eigenvalue weighted by molar-refractivity contribution is 5.85. The van der Waals surface area contributed by atoms with Gasteiger partial charge in [0.2, 0.25) is 0 Å². The van der Waals surface area contributed by atoms with E-state index in [-0.39, 0.29) is 0 Å². The molecular formula is C14H13N3. The van der Waals surface area contributed by atoms with E-state index in [1.165, 1.54) is 16.3 Å². The fraction of sp³-hybridized carbons (Fsp3) is 0.143. The van der Waals surface area contributed by atoms with Crippen molar-refractivity contribution in [2.24, 2.45) is 5.11 Å². The van der Waals surface area contributed by atoms with Crippen LogP contribution in [0, 0.1) is 0 Å². The minimum Gasteiger partial charge on any atom is -0.0899 e. The SMILES string of the molecule is [N-]=[N+]=NCC=CCc1cccc2ccccc12. The van der Waals surface area contributed by atoms with E-state index in [2.05, 4.69) is 46.4 Å². The number of nitrogens with zero attached hydrogens (tertiary/aromatic N) is 3. The van der Waals surface area contributed by atoms with E-state index in [1.807, 2.05) is 18.2 Å². The molecule has 0 radical (unpaired) electrons. The first-order valence-electron chi connectivity index (χ1n) is 5.54. The fourth-order valence-electron chi connectivity index (χ4n) is 1.84. The average Bonchev–Trinajstić information content (AvgIpc) is 2.39. The van der Waals surface area contributed by atoms with Crippen molar-refractivity contribution in [3.63, 3.8) is 0 Å². The molecule has 0 saturated heterocycles. The molecule has 0 fully saturated rings. The maximum absolute atomic E-state index is 8.15. The average molecular weight is 223 g/mol. The van der Waals surface area contributed by atoms with Crippen LogP contribution in [0.3, 0.4) is 0 Å². The molecule has 2 aromatic rings. The molecule has 0 heterocycles. The van der Waals surface area contributed by atoms with E-state index < -0.39 is 0 Å². The second-order valence-corrected chi connectivity index (χ2v) is 3.73. The molecule has 0 aliphatic heterocycles. The van der Waals surface area contributed by atoms with Gasteiger partial charge in [-0.25, -0.2) is 0 Å². The number of hydrogen-bond donors (Lipinski definition) is 0. The van der Waals surface area contributed by atoms with Crippen molar-refractivity contribution in [2.75, 3.05) is 6.54 Å². The molecule has 17 heavy (non-hydrogen) atoms. The number of fused-ring (bicyclic) bond motifs is 1. The first kappa shape index (κ1) is 11.2. The van der Waals surface area contributed by atoms with Crippen LogP contribution in [0.5, 0.6) is 0 Å². The highest BCUT2D eigenvalue weighted by Crippen LogP contribution is 2.18. The van der Waals surface area contributed by atoms with Crippen LogP contribution in [0.2, 0.25) is 0 Å². The van der Waals surface area contributed by atoms with Gasteiger partial charge in [-0.1, -0.05) is 59.7 Å². The normalized spacial score (nSPS) is 10.6. The summed E-state index contributed by atoms with van der Waals surface area (Å²) in [4.78, 5) is 2.70. The van der Waals surface area contributed by atoms with Crippen molar-refractivity contribution < 1.29 is 0 Å². The summed E-state index contributed by atoms with van der Waals surface area (Å²) < 4.78 is 0. The van der Waals surface area contributed by atoms with Gasteiger partial charge in [0.05, 0.1) is 0 Å². The zero-order valence-corrected chi connectivity index (χ0v) is 9.45. The number of rotatable bonds is 4. The van der Waals surface area contributed by atoms with Gasteiger partial charge in [0, 0.05) is 11.5 Å². The summed E-state index contributed by atoms with van der Waals surface area (Å²) >= 11 is 0. The molecule has 0 aromatic heterocycles. The van der Waals surface area contributed by atoms with Gasteiger partial charge in [0.15, 0.2) is 0 Å². The molecule has 3 nitrogen and oxygen atoms in total. The molecule has 0 atom stereocenters. The van der Waals surface area contributed by atoms with Gasteiger partial charge in [-0.3, -0.25) is 0 Å². The molecule has 0 unspecified atom stereocenters. The molecule has 2 aromatic carbocycles. The number of benzene rings is 2. The van der Waals surface area contributed by atoms with Gasteiger partial charge in [-0.15, -0.1) is 0 Å². The third kappa shape index (κ3) is 2.86. The Morgan fingerprint density at radius 1 is 1.06 bits per heavy atom. The Morgan fingerprint density at radius 2 is 1.88 bits per heavy atom. The summed E-state index contributed by atoms with van der Waals surface area (Å²) in [5, 5.41) is 6.00. The molecule has 2 rings (SSSR count). The largest absolute Gasteiger partial charge is 0.0899 e. The van der Waals surface area contributed by atoms with E-state index >= 15 is 0 Å². The minimum atomic E-state index is 0.418. The molecule has 0 aliphatic rings. The van der Waals surface area contributed by atoms with Crippen LogP contribution in [0.15, 0.2) is 59.7 Å². The number of hydrogen-bond acceptors (Lipinski definition) is 1. The number of allylic oxidation sites excluding steroid dienone is 1. The van der Waals surface area contributed by atoms with Crippen molar-refractivity contribution >= 4 is 10.8 Å². The molecule has 0 amide bonds. The lowest BCUT2D eigenvalue weighted by Crippen LogP contribution is -1.84. The Labute approximate surface area is 100 Å². The highest BCUT2D eigenvalue weighted by atomic mass is 15.1. The topological polar surface area (TPSA) is 48.8 Å². The molecule has 0 aliphatic carbocycles. The van der Waals surface area contributed by atoms with Crippen molar-refractivity contribution in [1.82, 2.24) is 0 Å².